The van der Waals surface area contributed by atoms with Gasteiger partial charge in [0.2, 0.25) is 0 Å². The largest absolute Gasteiger partial charge is 0.393 e. The molecule has 5 heteroatoms. The first-order chi connectivity index (χ1) is 9.71. The van der Waals surface area contributed by atoms with E-state index in [4.69, 9.17) is 5.11 Å². The lowest BCUT2D eigenvalue weighted by Gasteiger charge is -2.22. The number of aliphatic hydroxyl groups is 1. The molecular formula is C16H24N2O3. The quantitative estimate of drug-likeness (QED) is 0.741. The van der Waals surface area contributed by atoms with Crippen molar-refractivity contribution in [1.82, 2.24) is 5.32 Å². The highest BCUT2D eigenvalue weighted by Crippen LogP contribution is 2.29. The number of nitrogens with one attached hydrogen (secondary N) is 2. The maximum absolute atomic E-state index is 11.9. The first-order valence-corrected chi connectivity index (χ1v) is 7.08. The van der Waals surface area contributed by atoms with Crippen LogP contribution in [0.1, 0.15) is 39.7 Å². The number of aliphatic hydroxyl groups excluding tert-OH is 1. The van der Waals surface area contributed by atoms with Gasteiger partial charge in [-0.15, -0.1) is 0 Å². The fraction of sp³-hybridized carbons (Fsp3) is 0.500. The molecule has 1 aromatic rings. The third-order valence-electron chi connectivity index (χ3n) is 3.04. The van der Waals surface area contributed by atoms with Crippen LogP contribution in [0.25, 0.3) is 0 Å². The molecule has 21 heavy (non-hydrogen) atoms. The number of benzene rings is 1. The maximum atomic E-state index is 11.9. The first kappa shape index (κ1) is 17.2. The molecule has 1 rings (SSSR count). The average Bonchev–Trinajstić information content (AvgIpc) is 2.37. The molecule has 0 heterocycles. The zero-order valence-electron chi connectivity index (χ0n) is 13.1. The molecule has 1 atom stereocenters. The van der Waals surface area contributed by atoms with Gasteiger partial charge in [-0.1, -0.05) is 39.0 Å². The Morgan fingerprint density at radius 1 is 1.19 bits per heavy atom. The molecule has 1 aromatic carbocycles. The van der Waals surface area contributed by atoms with Gasteiger partial charge in [0.1, 0.15) is 0 Å². The molecule has 0 saturated carbocycles. The zero-order valence-corrected chi connectivity index (χ0v) is 13.1. The Bertz CT molecular complexity index is 504. The summed E-state index contributed by atoms with van der Waals surface area (Å²) in [6, 6.07) is 7.43. The van der Waals surface area contributed by atoms with E-state index in [1.54, 1.807) is 13.0 Å². The van der Waals surface area contributed by atoms with Crippen molar-refractivity contribution in [2.24, 2.45) is 0 Å². The van der Waals surface area contributed by atoms with Crippen LogP contribution in [-0.2, 0) is 15.0 Å². The smallest absolute Gasteiger partial charge is 0.313 e. The van der Waals surface area contributed by atoms with E-state index in [-0.39, 0.29) is 12.0 Å². The second-order valence-corrected chi connectivity index (χ2v) is 6.14. The van der Waals surface area contributed by atoms with E-state index < -0.39 is 17.9 Å². The summed E-state index contributed by atoms with van der Waals surface area (Å²) in [4.78, 5) is 23.6. The Kier molecular flexibility index (Phi) is 5.90. The number of anilines is 1. The molecule has 116 valence electrons. The Balaban J connectivity index is 2.69. The number of amides is 2. The lowest BCUT2D eigenvalue weighted by atomic mass is 9.86. The molecule has 0 spiro atoms. The van der Waals surface area contributed by atoms with Gasteiger partial charge in [0.15, 0.2) is 0 Å². The van der Waals surface area contributed by atoms with Gasteiger partial charge in [-0.25, -0.2) is 0 Å². The number of carbonyl (C=O) groups is 2. The maximum Gasteiger partial charge on any atom is 0.313 e. The monoisotopic (exact) mass is 292 g/mol. The predicted octanol–water partition coefficient (Wildman–Crippen LogP) is 1.81. The number of hydrogen-bond donors (Lipinski definition) is 3. The van der Waals surface area contributed by atoms with Gasteiger partial charge in [0.25, 0.3) is 0 Å². The summed E-state index contributed by atoms with van der Waals surface area (Å²) in [6.45, 7) is 8.03. The molecule has 0 aliphatic rings. The fourth-order valence-corrected chi connectivity index (χ4v) is 1.90. The van der Waals surface area contributed by atoms with Gasteiger partial charge in [-0.3, -0.25) is 9.59 Å². The summed E-state index contributed by atoms with van der Waals surface area (Å²) in [5.74, 6) is -1.39. The number of hydrogen-bond acceptors (Lipinski definition) is 3. The van der Waals surface area contributed by atoms with Crippen LogP contribution in [0.2, 0.25) is 0 Å². The van der Waals surface area contributed by atoms with Gasteiger partial charge >= 0.3 is 11.8 Å². The van der Waals surface area contributed by atoms with Crippen molar-refractivity contribution < 1.29 is 14.7 Å². The third-order valence-corrected chi connectivity index (χ3v) is 3.04. The third kappa shape index (κ3) is 5.55. The molecule has 3 N–H and O–H groups in total. The van der Waals surface area contributed by atoms with Crippen LogP contribution in [-0.4, -0.2) is 29.6 Å². The second kappa shape index (κ2) is 7.22. The molecule has 0 fully saturated rings. The van der Waals surface area contributed by atoms with Crippen LogP contribution in [0, 0.1) is 0 Å². The van der Waals surface area contributed by atoms with Crippen LogP contribution >= 0.6 is 0 Å². The van der Waals surface area contributed by atoms with Crippen molar-refractivity contribution in [1.29, 1.82) is 0 Å². The number of carbonyl (C=O) groups excluding carboxylic acids is 2. The Morgan fingerprint density at radius 2 is 1.81 bits per heavy atom. The summed E-state index contributed by atoms with van der Waals surface area (Å²) in [5.41, 5.74) is 1.47. The van der Waals surface area contributed by atoms with Crippen molar-refractivity contribution in [2.75, 3.05) is 11.9 Å². The molecule has 0 bridgehead atoms. The normalized spacial score (nSPS) is 12.6. The van der Waals surface area contributed by atoms with E-state index in [2.05, 4.69) is 10.6 Å². The molecule has 0 saturated heterocycles. The number of rotatable bonds is 4. The molecular weight excluding hydrogens is 268 g/mol. The summed E-state index contributed by atoms with van der Waals surface area (Å²) in [6.07, 6.45) is -0.0904. The predicted molar refractivity (Wildman–Crippen MR) is 83.1 cm³/mol. The number of para-hydroxylation sites is 1. The first-order valence-electron chi connectivity index (χ1n) is 7.08. The molecule has 0 aromatic heterocycles. The zero-order chi connectivity index (χ0) is 16.0. The van der Waals surface area contributed by atoms with Gasteiger partial charge in [-0.05, 0) is 30.4 Å². The minimum absolute atomic E-state index is 0.132. The topological polar surface area (TPSA) is 78.4 Å². The molecule has 2 amide bonds. The summed E-state index contributed by atoms with van der Waals surface area (Å²) >= 11 is 0. The lowest BCUT2D eigenvalue weighted by molar-refractivity contribution is -0.136. The summed E-state index contributed by atoms with van der Waals surface area (Å²) in [5, 5.41) is 14.2. The highest BCUT2D eigenvalue weighted by molar-refractivity contribution is 6.39. The molecule has 0 aliphatic carbocycles. The van der Waals surface area contributed by atoms with Crippen molar-refractivity contribution in [3.63, 3.8) is 0 Å². The van der Waals surface area contributed by atoms with Crippen LogP contribution in [0.15, 0.2) is 24.3 Å². The average molecular weight is 292 g/mol. The Hall–Kier alpha value is -1.88. The van der Waals surface area contributed by atoms with E-state index in [9.17, 15) is 9.59 Å². The van der Waals surface area contributed by atoms with Gasteiger partial charge in [0, 0.05) is 12.2 Å². The van der Waals surface area contributed by atoms with E-state index >= 15 is 0 Å². The van der Waals surface area contributed by atoms with Crippen LogP contribution in [0.3, 0.4) is 0 Å². The van der Waals surface area contributed by atoms with Gasteiger partial charge in [-0.2, -0.15) is 0 Å². The molecule has 1 unspecified atom stereocenters. The highest BCUT2D eigenvalue weighted by Gasteiger charge is 2.20. The lowest BCUT2D eigenvalue weighted by Crippen LogP contribution is -2.37. The summed E-state index contributed by atoms with van der Waals surface area (Å²) < 4.78 is 0. The second-order valence-electron chi connectivity index (χ2n) is 6.14. The van der Waals surface area contributed by atoms with Crippen molar-refractivity contribution in [3.05, 3.63) is 29.8 Å². The Morgan fingerprint density at radius 3 is 2.38 bits per heavy atom. The molecule has 5 nitrogen and oxygen atoms in total. The fourth-order valence-electron chi connectivity index (χ4n) is 1.90. The highest BCUT2D eigenvalue weighted by atomic mass is 16.3. The van der Waals surface area contributed by atoms with Crippen molar-refractivity contribution >= 4 is 17.5 Å². The van der Waals surface area contributed by atoms with Crippen molar-refractivity contribution in [2.45, 2.75) is 45.6 Å². The molecule has 0 aliphatic heterocycles. The van der Waals surface area contributed by atoms with E-state index in [0.29, 0.717) is 12.1 Å². The minimum Gasteiger partial charge on any atom is -0.393 e. The van der Waals surface area contributed by atoms with E-state index in [1.165, 1.54) is 0 Å². The van der Waals surface area contributed by atoms with Crippen LogP contribution < -0.4 is 10.6 Å². The van der Waals surface area contributed by atoms with Crippen LogP contribution in [0.4, 0.5) is 5.69 Å². The van der Waals surface area contributed by atoms with E-state index in [0.717, 1.165) is 5.56 Å². The molecule has 0 radical (unpaired) electrons. The van der Waals surface area contributed by atoms with Gasteiger partial charge in [0.05, 0.1) is 6.10 Å². The standard InChI is InChI=1S/C16H24N2O3/c1-11(19)9-10-17-14(20)15(21)18-13-8-6-5-7-12(13)16(2,3)4/h5-8,11,19H,9-10H2,1-4H3,(H,17,20)(H,18,21). The Labute approximate surface area is 125 Å². The minimum atomic E-state index is -0.697. The summed E-state index contributed by atoms with van der Waals surface area (Å²) in [7, 11) is 0. The SMILES string of the molecule is CC(O)CCNC(=O)C(=O)Nc1ccccc1C(C)(C)C. The van der Waals surface area contributed by atoms with Crippen molar-refractivity contribution in [3.8, 4) is 0 Å². The van der Waals surface area contributed by atoms with E-state index in [1.807, 2.05) is 39.0 Å². The van der Waals surface area contributed by atoms with Crippen LogP contribution in [0.5, 0.6) is 0 Å². The van der Waals surface area contributed by atoms with Gasteiger partial charge < -0.3 is 15.7 Å².